The Morgan fingerprint density at radius 3 is 2.63 bits per heavy atom. The van der Waals surface area contributed by atoms with E-state index < -0.39 is 0 Å². The molecule has 0 aliphatic heterocycles. The fraction of sp³-hybridized carbons (Fsp3) is 0.562. The second-order valence-corrected chi connectivity index (χ2v) is 7.16. The Morgan fingerprint density at radius 1 is 1.26 bits per heavy atom. The van der Waals surface area contributed by atoms with Gasteiger partial charge in [-0.15, -0.1) is 0 Å². The van der Waals surface area contributed by atoms with E-state index in [4.69, 9.17) is 0 Å². The summed E-state index contributed by atoms with van der Waals surface area (Å²) >= 11 is 3.25. The van der Waals surface area contributed by atoms with Gasteiger partial charge in [0.15, 0.2) is 0 Å². The molecule has 0 radical (unpaired) electrons. The molecule has 3 heteroatoms. The minimum absolute atomic E-state index is 0.277. The molecule has 2 bridgehead atoms. The first kappa shape index (κ1) is 12.1. The quantitative estimate of drug-likeness (QED) is 0.822. The predicted molar refractivity (Wildman–Crippen MR) is 74.1 cm³/mol. The number of hydrogen-bond acceptors (Lipinski definition) is 1. The van der Waals surface area contributed by atoms with Gasteiger partial charge in [-0.2, -0.15) is 0 Å². The lowest BCUT2D eigenvalue weighted by Gasteiger charge is -2.09. The van der Waals surface area contributed by atoms with Gasteiger partial charge in [0.25, 0.3) is 0 Å². The lowest BCUT2D eigenvalue weighted by atomic mass is 9.96. The highest BCUT2D eigenvalue weighted by Gasteiger charge is 2.66. The van der Waals surface area contributed by atoms with Crippen molar-refractivity contribution in [2.45, 2.75) is 25.7 Å². The summed E-state index contributed by atoms with van der Waals surface area (Å²) in [5.41, 5.74) is 0.794. The van der Waals surface area contributed by atoms with E-state index in [1.54, 1.807) is 6.07 Å². The van der Waals surface area contributed by atoms with Gasteiger partial charge in [-0.05, 0) is 70.5 Å². The average Bonchev–Trinajstić information content (AvgIpc) is 2.84. The maximum Gasteiger partial charge on any atom is 0.140 e. The number of carbonyl (C=O) groups excluding carboxylic acids is 1. The van der Waals surface area contributed by atoms with Gasteiger partial charge in [0.2, 0.25) is 0 Å². The van der Waals surface area contributed by atoms with E-state index in [0.29, 0.717) is 34.4 Å². The van der Waals surface area contributed by atoms with Crippen LogP contribution in [0.2, 0.25) is 0 Å². The van der Waals surface area contributed by atoms with Gasteiger partial charge < -0.3 is 0 Å². The molecule has 4 atom stereocenters. The summed E-state index contributed by atoms with van der Waals surface area (Å²) in [5, 5.41) is 0. The normalized spacial score (nSPS) is 38.3. The highest BCUT2D eigenvalue weighted by molar-refractivity contribution is 9.10. The molecule has 0 N–H and O–H groups in total. The Morgan fingerprint density at radius 2 is 1.95 bits per heavy atom. The van der Waals surface area contributed by atoms with Gasteiger partial charge in [-0.3, -0.25) is 4.79 Å². The minimum atomic E-state index is -0.277. The second kappa shape index (κ2) is 4.15. The van der Waals surface area contributed by atoms with Crippen LogP contribution in [0, 0.1) is 35.4 Å². The summed E-state index contributed by atoms with van der Waals surface area (Å²) in [7, 11) is 0. The monoisotopic (exact) mass is 322 g/mol. The molecule has 0 saturated heterocycles. The summed E-state index contributed by atoms with van der Waals surface area (Å²) in [6.45, 7) is 0. The van der Waals surface area contributed by atoms with Crippen LogP contribution in [0.5, 0.6) is 0 Å². The third kappa shape index (κ3) is 1.74. The van der Waals surface area contributed by atoms with Gasteiger partial charge >= 0.3 is 0 Å². The van der Waals surface area contributed by atoms with E-state index in [1.807, 2.05) is 6.07 Å². The fourth-order valence-corrected chi connectivity index (χ4v) is 5.15. The van der Waals surface area contributed by atoms with Crippen LogP contribution in [0.3, 0.4) is 0 Å². The first-order chi connectivity index (χ1) is 9.16. The molecule has 3 aliphatic carbocycles. The molecule has 0 spiro atoms. The van der Waals surface area contributed by atoms with Crippen molar-refractivity contribution in [3.8, 4) is 0 Å². The molecule has 3 fully saturated rings. The molecule has 1 aromatic carbocycles. The standard InChI is InChI=1S/C16H16BrFO/c17-16-10(2-1-3-11(16)18)7-12(19)15-13-8-4-5-9(6-8)14(13)15/h1-3,8-9,13-15H,4-7H2. The molecule has 4 rings (SSSR count). The first-order valence-corrected chi connectivity index (χ1v) is 7.91. The number of ketones is 1. The summed E-state index contributed by atoms with van der Waals surface area (Å²) in [6.07, 6.45) is 4.41. The van der Waals surface area contributed by atoms with E-state index in [9.17, 15) is 9.18 Å². The Balaban J connectivity index is 1.50. The summed E-state index contributed by atoms with van der Waals surface area (Å²) in [4.78, 5) is 12.4. The highest BCUT2D eigenvalue weighted by Crippen LogP contribution is 2.69. The molecule has 0 amide bonds. The molecule has 3 aliphatic rings. The van der Waals surface area contributed by atoms with Crippen LogP contribution < -0.4 is 0 Å². The number of fused-ring (bicyclic) bond motifs is 5. The number of rotatable bonds is 3. The van der Waals surface area contributed by atoms with Gasteiger partial charge in [0.1, 0.15) is 11.6 Å². The molecule has 0 aromatic heterocycles. The van der Waals surface area contributed by atoms with E-state index in [-0.39, 0.29) is 5.82 Å². The number of carbonyl (C=O) groups is 1. The van der Waals surface area contributed by atoms with Crippen LogP contribution >= 0.6 is 15.9 Å². The van der Waals surface area contributed by atoms with Gasteiger partial charge in [0.05, 0.1) is 4.47 Å². The summed E-state index contributed by atoms with van der Waals surface area (Å²) in [5.74, 6) is 3.35. The van der Waals surface area contributed by atoms with Crippen molar-refractivity contribution >= 4 is 21.7 Å². The molecule has 1 nitrogen and oxygen atoms in total. The van der Waals surface area contributed by atoms with Crippen LogP contribution in [-0.2, 0) is 11.2 Å². The summed E-state index contributed by atoms with van der Waals surface area (Å²) < 4.78 is 13.9. The lowest BCUT2D eigenvalue weighted by molar-refractivity contribution is -0.120. The van der Waals surface area contributed by atoms with E-state index >= 15 is 0 Å². The first-order valence-electron chi connectivity index (χ1n) is 7.12. The van der Waals surface area contributed by atoms with Crippen LogP contribution in [0.4, 0.5) is 4.39 Å². The van der Waals surface area contributed by atoms with Crippen molar-refractivity contribution in [3.05, 3.63) is 34.1 Å². The Bertz CT molecular complexity index is 540. The number of halogens is 2. The van der Waals surface area contributed by atoms with Crippen molar-refractivity contribution in [1.82, 2.24) is 0 Å². The second-order valence-electron chi connectivity index (χ2n) is 6.37. The Hall–Kier alpha value is -0.700. The van der Waals surface area contributed by atoms with Crippen molar-refractivity contribution in [1.29, 1.82) is 0 Å². The Kier molecular flexibility index (Phi) is 2.63. The third-order valence-electron chi connectivity index (χ3n) is 5.50. The van der Waals surface area contributed by atoms with Crippen molar-refractivity contribution < 1.29 is 9.18 Å². The average molecular weight is 323 g/mol. The van der Waals surface area contributed by atoms with Gasteiger partial charge in [-0.25, -0.2) is 4.39 Å². The van der Waals surface area contributed by atoms with Crippen LogP contribution in [0.1, 0.15) is 24.8 Å². The van der Waals surface area contributed by atoms with E-state index in [2.05, 4.69) is 15.9 Å². The van der Waals surface area contributed by atoms with Crippen molar-refractivity contribution in [3.63, 3.8) is 0 Å². The van der Waals surface area contributed by atoms with Gasteiger partial charge in [-0.1, -0.05) is 12.1 Å². The van der Waals surface area contributed by atoms with Crippen LogP contribution in [-0.4, -0.2) is 5.78 Å². The van der Waals surface area contributed by atoms with E-state index in [0.717, 1.165) is 17.4 Å². The molecular weight excluding hydrogens is 307 g/mol. The SMILES string of the molecule is O=C(Cc1cccc(F)c1Br)C1C2C3CCC(C3)C12. The van der Waals surface area contributed by atoms with Gasteiger partial charge in [0, 0.05) is 12.3 Å². The highest BCUT2D eigenvalue weighted by atomic mass is 79.9. The Labute approximate surface area is 120 Å². The number of Topliss-reactive ketones (excluding diaryl/α,β-unsaturated/α-hetero) is 1. The van der Waals surface area contributed by atoms with E-state index in [1.165, 1.54) is 25.3 Å². The zero-order valence-corrected chi connectivity index (χ0v) is 12.2. The lowest BCUT2D eigenvalue weighted by Crippen LogP contribution is -2.12. The topological polar surface area (TPSA) is 17.1 Å². The molecule has 0 heterocycles. The largest absolute Gasteiger partial charge is 0.299 e. The molecule has 100 valence electrons. The zero-order chi connectivity index (χ0) is 13.1. The molecule has 3 saturated carbocycles. The molecular formula is C16H16BrFO. The van der Waals surface area contributed by atoms with Crippen molar-refractivity contribution in [2.75, 3.05) is 0 Å². The smallest absolute Gasteiger partial charge is 0.140 e. The molecule has 1 aromatic rings. The van der Waals surface area contributed by atoms with Crippen LogP contribution in [0.15, 0.2) is 22.7 Å². The van der Waals surface area contributed by atoms with Crippen LogP contribution in [0.25, 0.3) is 0 Å². The maximum atomic E-state index is 13.5. The number of benzene rings is 1. The predicted octanol–water partition coefficient (Wildman–Crippen LogP) is 3.99. The third-order valence-corrected chi connectivity index (χ3v) is 6.39. The minimum Gasteiger partial charge on any atom is -0.299 e. The summed E-state index contributed by atoms with van der Waals surface area (Å²) in [6, 6.07) is 4.95. The zero-order valence-electron chi connectivity index (χ0n) is 10.6. The van der Waals surface area contributed by atoms with Crippen molar-refractivity contribution in [2.24, 2.45) is 29.6 Å². The fourth-order valence-electron chi connectivity index (χ4n) is 4.75. The maximum absolute atomic E-state index is 13.5. The number of hydrogen-bond donors (Lipinski definition) is 0. The molecule has 4 unspecified atom stereocenters. The molecule has 19 heavy (non-hydrogen) atoms.